The number of nitrogens with zero attached hydrogens (tertiary/aromatic N) is 1. The number of amides is 2. The van der Waals surface area contributed by atoms with E-state index < -0.39 is 0 Å². The summed E-state index contributed by atoms with van der Waals surface area (Å²) in [4.78, 5) is 26.0. The number of rotatable bonds is 4. The van der Waals surface area contributed by atoms with Gasteiger partial charge in [-0.3, -0.25) is 9.59 Å². The summed E-state index contributed by atoms with van der Waals surface area (Å²) in [6.45, 7) is 0.704. The smallest absolute Gasteiger partial charge is 0.227 e. The summed E-state index contributed by atoms with van der Waals surface area (Å²) < 4.78 is 5.36. The first kappa shape index (κ1) is 14.9. The Morgan fingerprint density at radius 1 is 1.27 bits per heavy atom. The van der Waals surface area contributed by atoms with E-state index in [-0.39, 0.29) is 17.7 Å². The minimum absolute atomic E-state index is 0.0846. The van der Waals surface area contributed by atoms with Crippen LogP contribution in [0.2, 0.25) is 0 Å². The second-order valence-electron chi connectivity index (χ2n) is 6.01. The minimum atomic E-state index is 0.0846. The lowest BCUT2D eigenvalue weighted by molar-refractivity contribution is -0.119. The van der Waals surface area contributed by atoms with Crippen LogP contribution in [0.4, 0.5) is 11.4 Å². The van der Waals surface area contributed by atoms with E-state index in [9.17, 15) is 9.59 Å². The first-order valence-corrected chi connectivity index (χ1v) is 7.98. The monoisotopic (exact) mass is 302 g/mol. The molecule has 22 heavy (non-hydrogen) atoms. The van der Waals surface area contributed by atoms with Crippen LogP contribution in [0.1, 0.15) is 38.5 Å². The molecule has 0 atom stereocenters. The van der Waals surface area contributed by atoms with E-state index in [0.717, 1.165) is 43.5 Å². The van der Waals surface area contributed by atoms with Crippen molar-refractivity contribution in [2.24, 2.45) is 5.92 Å². The Morgan fingerprint density at radius 2 is 2.05 bits per heavy atom. The van der Waals surface area contributed by atoms with Gasteiger partial charge in [-0.15, -0.1) is 0 Å². The lowest BCUT2D eigenvalue weighted by Gasteiger charge is -2.20. The standard InChI is InChI=1S/C17H22N2O3/c1-22-15-9-8-13(18-17(21)12-5-2-3-6-12)11-14(15)19-10-4-7-16(19)20/h8-9,11-12H,2-7,10H2,1H3,(H,18,21). The molecule has 2 aliphatic rings. The summed E-state index contributed by atoms with van der Waals surface area (Å²) in [6, 6.07) is 5.48. The van der Waals surface area contributed by atoms with Gasteiger partial charge in [-0.25, -0.2) is 0 Å². The molecule has 1 aromatic carbocycles. The summed E-state index contributed by atoms with van der Waals surface area (Å²) in [6.07, 6.45) is 5.64. The lowest BCUT2D eigenvalue weighted by Crippen LogP contribution is -2.25. The Morgan fingerprint density at radius 3 is 2.68 bits per heavy atom. The second kappa shape index (κ2) is 6.38. The second-order valence-corrected chi connectivity index (χ2v) is 6.01. The van der Waals surface area contributed by atoms with Gasteiger partial charge in [-0.05, 0) is 37.5 Å². The fraction of sp³-hybridized carbons (Fsp3) is 0.529. The van der Waals surface area contributed by atoms with Gasteiger partial charge in [0.1, 0.15) is 5.75 Å². The SMILES string of the molecule is COc1ccc(NC(=O)C2CCCC2)cc1N1CCCC1=O. The summed E-state index contributed by atoms with van der Waals surface area (Å²) in [5, 5.41) is 2.98. The highest BCUT2D eigenvalue weighted by Crippen LogP contribution is 2.34. The molecule has 1 heterocycles. The molecule has 5 nitrogen and oxygen atoms in total. The van der Waals surface area contributed by atoms with Crippen LogP contribution in [0.25, 0.3) is 0 Å². The van der Waals surface area contributed by atoms with Crippen LogP contribution in [-0.2, 0) is 9.59 Å². The molecule has 0 bridgehead atoms. The number of carbonyl (C=O) groups excluding carboxylic acids is 2. The van der Waals surface area contributed by atoms with Crippen molar-refractivity contribution in [3.8, 4) is 5.75 Å². The normalized spacial score (nSPS) is 18.8. The van der Waals surface area contributed by atoms with E-state index in [2.05, 4.69) is 5.32 Å². The fourth-order valence-corrected chi connectivity index (χ4v) is 3.31. The summed E-state index contributed by atoms with van der Waals surface area (Å²) in [5.74, 6) is 0.979. The third-order valence-corrected chi connectivity index (χ3v) is 4.54. The van der Waals surface area contributed by atoms with Crippen molar-refractivity contribution in [1.82, 2.24) is 0 Å². The van der Waals surface area contributed by atoms with E-state index in [4.69, 9.17) is 4.74 Å². The van der Waals surface area contributed by atoms with Crippen molar-refractivity contribution < 1.29 is 14.3 Å². The number of benzene rings is 1. The third-order valence-electron chi connectivity index (χ3n) is 4.54. The van der Waals surface area contributed by atoms with E-state index in [1.54, 1.807) is 12.0 Å². The zero-order valence-electron chi connectivity index (χ0n) is 12.9. The van der Waals surface area contributed by atoms with Crippen LogP contribution < -0.4 is 15.0 Å². The molecule has 2 amide bonds. The van der Waals surface area contributed by atoms with Gasteiger partial charge in [0.2, 0.25) is 11.8 Å². The Balaban J connectivity index is 1.80. The number of methoxy groups -OCH3 is 1. The molecule has 1 saturated carbocycles. The van der Waals surface area contributed by atoms with Crippen LogP contribution in [-0.4, -0.2) is 25.5 Å². The summed E-state index contributed by atoms with van der Waals surface area (Å²) in [5.41, 5.74) is 1.47. The van der Waals surface area contributed by atoms with Crippen LogP contribution in [0.15, 0.2) is 18.2 Å². The maximum Gasteiger partial charge on any atom is 0.227 e. The molecule has 1 saturated heterocycles. The van der Waals surface area contributed by atoms with Crippen LogP contribution >= 0.6 is 0 Å². The van der Waals surface area contributed by atoms with Crippen molar-refractivity contribution in [3.05, 3.63) is 18.2 Å². The quantitative estimate of drug-likeness (QED) is 0.930. The zero-order chi connectivity index (χ0) is 15.5. The molecule has 3 rings (SSSR count). The molecule has 1 aliphatic heterocycles. The van der Waals surface area contributed by atoms with E-state index in [1.165, 1.54) is 0 Å². The summed E-state index contributed by atoms with van der Waals surface area (Å²) >= 11 is 0. The van der Waals surface area contributed by atoms with E-state index in [1.807, 2.05) is 18.2 Å². The fourth-order valence-electron chi connectivity index (χ4n) is 3.31. The number of anilines is 2. The Hall–Kier alpha value is -2.04. The van der Waals surface area contributed by atoms with Crippen molar-refractivity contribution in [2.45, 2.75) is 38.5 Å². The molecule has 118 valence electrons. The zero-order valence-corrected chi connectivity index (χ0v) is 12.9. The molecule has 5 heteroatoms. The maximum atomic E-state index is 12.2. The number of hydrogen-bond donors (Lipinski definition) is 1. The van der Waals surface area contributed by atoms with Gasteiger partial charge in [-0.2, -0.15) is 0 Å². The largest absolute Gasteiger partial charge is 0.495 e. The molecule has 0 radical (unpaired) electrons. The van der Waals surface area contributed by atoms with E-state index >= 15 is 0 Å². The number of nitrogens with one attached hydrogen (secondary N) is 1. The first-order chi connectivity index (χ1) is 10.7. The molecule has 2 fully saturated rings. The predicted molar refractivity (Wildman–Crippen MR) is 85.2 cm³/mol. The highest BCUT2D eigenvalue weighted by atomic mass is 16.5. The molecule has 1 N–H and O–H groups in total. The van der Waals surface area contributed by atoms with Gasteiger partial charge in [0, 0.05) is 24.6 Å². The lowest BCUT2D eigenvalue weighted by atomic mass is 10.1. The number of carbonyl (C=O) groups is 2. The van der Waals surface area contributed by atoms with Crippen molar-refractivity contribution in [3.63, 3.8) is 0 Å². The molecule has 1 aromatic rings. The maximum absolute atomic E-state index is 12.2. The molecular formula is C17H22N2O3. The molecule has 0 aromatic heterocycles. The van der Waals surface area contributed by atoms with Gasteiger partial charge < -0.3 is 15.0 Å². The average Bonchev–Trinajstić information content (AvgIpc) is 3.18. The number of hydrogen-bond acceptors (Lipinski definition) is 3. The average molecular weight is 302 g/mol. The van der Waals surface area contributed by atoms with Crippen LogP contribution in [0.3, 0.4) is 0 Å². The highest BCUT2D eigenvalue weighted by Gasteiger charge is 2.26. The Bertz CT molecular complexity index is 579. The molecule has 1 aliphatic carbocycles. The highest BCUT2D eigenvalue weighted by molar-refractivity contribution is 5.99. The van der Waals surface area contributed by atoms with Gasteiger partial charge in [0.25, 0.3) is 0 Å². The number of ether oxygens (including phenoxy) is 1. The third kappa shape index (κ3) is 2.93. The van der Waals surface area contributed by atoms with Crippen molar-refractivity contribution in [1.29, 1.82) is 0 Å². The van der Waals surface area contributed by atoms with Gasteiger partial charge >= 0.3 is 0 Å². The summed E-state index contributed by atoms with van der Waals surface area (Å²) in [7, 11) is 1.59. The van der Waals surface area contributed by atoms with Gasteiger partial charge in [0.15, 0.2) is 0 Å². The Labute approximate surface area is 130 Å². The van der Waals surface area contributed by atoms with Crippen LogP contribution in [0, 0.1) is 5.92 Å². The first-order valence-electron chi connectivity index (χ1n) is 7.98. The Kier molecular flexibility index (Phi) is 4.32. The topological polar surface area (TPSA) is 58.6 Å². The molecular weight excluding hydrogens is 280 g/mol. The van der Waals surface area contributed by atoms with E-state index in [0.29, 0.717) is 18.7 Å². The molecule has 0 unspecified atom stereocenters. The van der Waals surface area contributed by atoms with Crippen molar-refractivity contribution in [2.75, 3.05) is 23.9 Å². The van der Waals surface area contributed by atoms with Crippen LogP contribution in [0.5, 0.6) is 5.75 Å². The van der Waals surface area contributed by atoms with Gasteiger partial charge in [0.05, 0.1) is 12.8 Å². The molecule has 0 spiro atoms. The van der Waals surface area contributed by atoms with Gasteiger partial charge in [-0.1, -0.05) is 12.8 Å². The predicted octanol–water partition coefficient (Wildman–Crippen LogP) is 2.95. The van der Waals surface area contributed by atoms with Crippen molar-refractivity contribution >= 4 is 23.2 Å². The minimum Gasteiger partial charge on any atom is -0.495 e.